The monoisotopic (exact) mass is 422 g/mol. The summed E-state index contributed by atoms with van der Waals surface area (Å²) in [4.78, 5) is 16.1. The highest BCUT2D eigenvalue weighted by atomic mass is 15.2. The Kier molecular flexibility index (Phi) is 4.43. The maximum Gasteiger partial charge on any atom is 0.162 e. The molecule has 0 saturated carbocycles. The predicted octanol–water partition coefficient (Wildman–Crippen LogP) is 3.00. The molecule has 5 aromatic rings. The van der Waals surface area contributed by atoms with Crippen molar-refractivity contribution in [2.24, 2.45) is 0 Å². The van der Waals surface area contributed by atoms with Crippen LogP contribution in [0, 0.1) is 0 Å². The van der Waals surface area contributed by atoms with Gasteiger partial charge < -0.3 is 16.0 Å². The smallest absolute Gasteiger partial charge is 0.162 e. The SMILES string of the molecule is Nc1cc(-c2cnn3cc(-c4ccc(N5CCNCC5)nc4)cnc23)c2ccccc2n1. The van der Waals surface area contributed by atoms with Crippen LogP contribution < -0.4 is 16.0 Å². The summed E-state index contributed by atoms with van der Waals surface area (Å²) in [6, 6.07) is 14.0. The average molecular weight is 422 g/mol. The molecule has 0 radical (unpaired) electrons. The van der Waals surface area contributed by atoms with Crippen molar-refractivity contribution in [2.45, 2.75) is 0 Å². The van der Waals surface area contributed by atoms with Crippen LogP contribution in [0.3, 0.4) is 0 Å². The summed E-state index contributed by atoms with van der Waals surface area (Å²) in [6.07, 6.45) is 7.59. The molecule has 32 heavy (non-hydrogen) atoms. The molecule has 1 saturated heterocycles. The predicted molar refractivity (Wildman–Crippen MR) is 126 cm³/mol. The summed E-state index contributed by atoms with van der Waals surface area (Å²) in [5.41, 5.74) is 11.6. The maximum atomic E-state index is 6.07. The number of nitrogen functional groups attached to an aromatic ring is 1. The van der Waals surface area contributed by atoms with E-state index in [1.54, 1.807) is 4.52 Å². The van der Waals surface area contributed by atoms with Crippen LogP contribution in [-0.4, -0.2) is 50.7 Å². The van der Waals surface area contributed by atoms with E-state index in [4.69, 9.17) is 10.7 Å². The Morgan fingerprint density at radius 2 is 1.72 bits per heavy atom. The lowest BCUT2D eigenvalue weighted by atomic mass is 10.0. The molecule has 1 aliphatic rings. The third kappa shape index (κ3) is 3.21. The minimum atomic E-state index is 0.477. The number of anilines is 2. The van der Waals surface area contributed by atoms with Gasteiger partial charge in [0, 0.05) is 72.4 Å². The highest BCUT2D eigenvalue weighted by molar-refractivity contribution is 5.99. The van der Waals surface area contributed by atoms with Crippen LogP contribution in [-0.2, 0) is 0 Å². The third-order valence-electron chi connectivity index (χ3n) is 5.90. The van der Waals surface area contributed by atoms with E-state index < -0.39 is 0 Å². The van der Waals surface area contributed by atoms with Gasteiger partial charge in [0.05, 0.1) is 11.7 Å². The van der Waals surface area contributed by atoms with Gasteiger partial charge in [-0.05, 0) is 24.3 Å². The molecule has 0 unspecified atom stereocenters. The molecule has 8 heteroatoms. The van der Waals surface area contributed by atoms with Crippen LogP contribution in [0.5, 0.6) is 0 Å². The van der Waals surface area contributed by atoms with E-state index in [1.165, 1.54) is 0 Å². The molecule has 0 bridgehead atoms. The number of para-hydroxylation sites is 1. The van der Waals surface area contributed by atoms with Gasteiger partial charge in [-0.25, -0.2) is 19.5 Å². The summed E-state index contributed by atoms with van der Waals surface area (Å²) < 4.78 is 1.81. The van der Waals surface area contributed by atoms with E-state index in [-0.39, 0.29) is 0 Å². The zero-order valence-corrected chi connectivity index (χ0v) is 17.4. The topological polar surface area (TPSA) is 97.3 Å². The second-order valence-corrected chi connectivity index (χ2v) is 7.92. The minimum absolute atomic E-state index is 0.477. The molecule has 4 aromatic heterocycles. The second kappa shape index (κ2) is 7.58. The van der Waals surface area contributed by atoms with Crippen molar-refractivity contribution in [1.82, 2.24) is 29.9 Å². The Morgan fingerprint density at radius 3 is 2.56 bits per heavy atom. The third-order valence-corrected chi connectivity index (χ3v) is 5.90. The van der Waals surface area contributed by atoms with Crippen molar-refractivity contribution in [3.05, 3.63) is 67.3 Å². The lowest BCUT2D eigenvalue weighted by Crippen LogP contribution is -2.43. The van der Waals surface area contributed by atoms with Crippen LogP contribution in [0.15, 0.2) is 67.3 Å². The molecule has 6 rings (SSSR count). The van der Waals surface area contributed by atoms with Crippen molar-refractivity contribution in [2.75, 3.05) is 36.8 Å². The molecule has 1 aliphatic heterocycles. The number of rotatable bonds is 3. The number of hydrogen-bond acceptors (Lipinski definition) is 7. The number of aromatic nitrogens is 5. The first-order chi connectivity index (χ1) is 15.8. The number of hydrogen-bond donors (Lipinski definition) is 2. The van der Waals surface area contributed by atoms with Gasteiger partial charge in [-0.2, -0.15) is 5.10 Å². The number of piperazine rings is 1. The molecule has 3 N–H and O–H groups in total. The number of pyridine rings is 2. The molecular formula is C24H22N8. The van der Waals surface area contributed by atoms with Gasteiger partial charge in [-0.15, -0.1) is 0 Å². The molecule has 5 heterocycles. The van der Waals surface area contributed by atoms with Gasteiger partial charge in [0.15, 0.2) is 5.65 Å². The number of fused-ring (bicyclic) bond motifs is 2. The summed E-state index contributed by atoms with van der Waals surface area (Å²) >= 11 is 0. The molecule has 158 valence electrons. The van der Waals surface area contributed by atoms with Crippen molar-refractivity contribution in [3.63, 3.8) is 0 Å². The Morgan fingerprint density at radius 1 is 0.875 bits per heavy atom. The van der Waals surface area contributed by atoms with E-state index in [0.717, 1.165) is 70.8 Å². The number of nitrogens with two attached hydrogens (primary N) is 1. The molecule has 1 fully saturated rings. The van der Waals surface area contributed by atoms with Crippen molar-refractivity contribution >= 4 is 28.2 Å². The van der Waals surface area contributed by atoms with Gasteiger partial charge in [-0.1, -0.05) is 18.2 Å². The summed E-state index contributed by atoms with van der Waals surface area (Å²) in [7, 11) is 0. The summed E-state index contributed by atoms with van der Waals surface area (Å²) in [6.45, 7) is 3.93. The van der Waals surface area contributed by atoms with Gasteiger partial charge in [0.25, 0.3) is 0 Å². The fourth-order valence-electron chi connectivity index (χ4n) is 4.27. The van der Waals surface area contributed by atoms with Gasteiger partial charge in [0.1, 0.15) is 11.6 Å². The lowest BCUT2D eigenvalue weighted by molar-refractivity contribution is 0.585. The molecule has 0 spiro atoms. The molecule has 0 atom stereocenters. The molecule has 8 nitrogen and oxygen atoms in total. The van der Waals surface area contributed by atoms with Crippen LogP contribution >= 0.6 is 0 Å². The Labute approximate surface area is 184 Å². The Balaban J connectivity index is 1.37. The largest absolute Gasteiger partial charge is 0.384 e. The minimum Gasteiger partial charge on any atom is -0.384 e. The maximum absolute atomic E-state index is 6.07. The van der Waals surface area contributed by atoms with E-state index in [2.05, 4.69) is 37.4 Å². The van der Waals surface area contributed by atoms with E-state index in [1.807, 2.05) is 55.1 Å². The first kappa shape index (κ1) is 18.7. The van der Waals surface area contributed by atoms with Crippen LogP contribution in [0.4, 0.5) is 11.6 Å². The van der Waals surface area contributed by atoms with Crippen molar-refractivity contribution < 1.29 is 0 Å². The Bertz CT molecular complexity index is 1420. The van der Waals surface area contributed by atoms with Crippen LogP contribution in [0.25, 0.3) is 38.8 Å². The fourth-order valence-corrected chi connectivity index (χ4v) is 4.27. The zero-order valence-electron chi connectivity index (χ0n) is 17.4. The highest BCUT2D eigenvalue weighted by Gasteiger charge is 2.15. The molecule has 1 aromatic carbocycles. The number of benzene rings is 1. The second-order valence-electron chi connectivity index (χ2n) is 7.92. The van der Waals surface area contributed by atoms with Gasteiger partial charge in [-0.3, -0.25) is 0 Å². The lowest BCUT2D eigenvalue weighted by Gasteiger charge is -2.28. The molecular weight excluding hydrogens is 400 g/mol. The van der Waals surface area contributed by atoms with E-state index >= 15 is 0 Å². The number of nitrogens with zero attached hydrogens (tertiary/aromatic N) is 6. The quantitative estimate of drug-likeness (QED) is 0.461. The fraction of sp³-hybridized carbons (Fsp3) is 0.167. The highest BCUT2D eigenvalue weighted by Crippen LogP contribution is 2.32. The van der Waals surface area contributed by atoms with E-state index in [9.17, 15) is 0 Å². The van der Waals surface area contributed by atoms with Gasteiger partial charge >= 0.3 is 0 Å². The summed E-state index contributed by atoms with van der Waals surface area (Å²) in [5.74, 6) is 1.48. The summed E-state index contributed by atoms with van der Waals surface area (Å²) in [5, 5.41) is 8.96. The van der Waals surface area contributed by atoms with Gasteiger partial charge in [0.2, 0.25) is 0 Å². The average Bonchev–Trinajstić information content (AvgIpc) is 3.27. The zero-order chi connectivity index (χ0) is 21.5. The van der Waals surface area contributed by atoms with E-state index in [0.29, 0.717) is 5.82 Å². The first-order valence-corrected chi connectivity index (χ1v) is 10.7. The standard InChI is InChI=1S/C24H22N8/c25-22-11-19(18-3-1-2-4-21(18)30-22)20-14-29-32-15-17(13-28-24(20)32)16-5-6-23(27-12-16)31-9-7-26-8-10-31/h1-6,11-15,26H,7-10H2,(H2,25,30). The first-order valence-electron chi connectivity index (χ1n) is 10.7. The van der Waals surface area contributed by atoms with Crippen LogP contribution in [0.1, 0.15) is 0 Å². The normalized spacial score (nSPS) is 14.3. The van der Waals surface area contributed by atoms with Crippen molar-refractivity contribution in [1.29, 1.82) is 0 Å². The Hall–Kier alpha value is -4.04. The van der Waals surface area contributed by atoms with Crippen molar-refractivity contribution in [3.8, 4) is 22.3 Å². The molecule has 0 amide bonds. The molecule has 0 aliphatic carbocycles. The number of nitrogens with one attached hydrogen (secondary N) is 1. The van der Waals surface area contributed by atoms with Crippen LogP contribution in [0.2, 0.25) is 0 Å².